The van der Waals surface area contributed by atoms with Crippen molar-refractivity contribution in [1.29, 1.82) is 0 Å². The van der Waals surface area contributed by atoms with Gasteiger partial charge in [0.1, 0.15) is 24.0 Å². The normalized spacial score (nSPS) is 13.6. The number of nitrogens with zero attached hydrogens (tertiary/aromatic N) is 4. The van der Waals surface area contributed by atoms with Gasteiger partial charge in [0.25, 0.3) is 0 Å². The van der Waals surface area contributed by atoms with E-state index in [0.717, 1.165) is 39.4 Å². The second kappa shape index (κ2) is 17.3. The monoisotopic (exact) mass is 935 g/mol. The van der Waals surface area contributed by atoms with Gasteiger partial charge in [0, 0.05) is 51.3 Å². The molecule has 0 spiro atoms. The molecule has 0 saturated heterocycles. The molecular weight excluding hydrogens is 865 g/mol. The first kappa shape index (κ1) is 47.6. The summed E-state index contributed by atoms with van der Waals surface area (Å²) in [6.07, 6.45) is 1.95. The predicted molar refractivity (Wildman–Crippen MR) is 300 cm³/mol. The van der Waals surface area contributed by atoms with Gasteiger partial charge in [-0.2, -0.15) is 0 Å². The number of benzene rings is 7. The lowest BCUT2D eigenvalue weighted by Gasteiger charge is -2.32. The van der Waals surface area contributed by atoms with Crippen molar-refractivity contribution in [2.24, 2.45) is 0 Å². The molecule has 0 amide bonds. The average Bonchev–Trinajstić information content (AvgIpc) is 3.89. The molecule has 360 valence electrons. The Kier molecular flexibility index (Phi) is 11.6. The number of anilines is 4. The van der Waals surface area contributed by atoms with E-state index in [1.807, 2.05) is 6.20 Å². The van der Waals surface area contributed by atoms with E-state index in [4.69, 9.17) is 9.72 Å². The van der Waals surface area contributed by atoms with Crippen molar-refractivity contribution in [2.75, 3.05) is 16.5 Å². The van der Waals surface area contributed by atoms with Gasteiger partial charge < -0.3 is 14.5 Å². The first-order valence-electron chi connectivity index (χ1n) is 25.4. The van der Waals surface area contributed by atoms with Crippen LogP contribution in [0.25, 0.3) is 27.6 Å². The smallest absolute Gasteiger partial charge is 0.137 e. The minimum absolute atomic E-state index is 0.0427. The molecule has 10 rings (SSSR count). The maximum Gasteiger partial charge on any atom is 0.137 e. The number of pyridine rings is 1. The van der Waals surface area contributed by atoms with Crippen molar-refractivity contribution in [3.05, 3.63) is 215 Å². The molecule has 1 aliphatic rings. The lowest BCUT2D eigenvalue weighted by atomic mass is 9.75. The molecule has 0 bridgehead atoms. The molecule has 0 atom stereocenters. The van der Waals surface area contributed by atoms with Crippen molar-refractivity contribution < 1.29 is 4.74 Å². The Morgan fingerprint density at radius 3 is 1.51 bits per heavy atom. The van der Waals surface area contributed by atoms with Crippen molar-refractivity contribution in [3.8, 4) is 17.3 Å². The summed E-state index contributed by atoms with van der Waals surface area (Å²) in [5.74, 6) is 2.46. The first-order chi connectivity index (χ1) is 33.6. The van der Waals surface area contributed by atoms with E-state index in [0.29, 0.717) is 6.67 Å². The summed E-state index contributed by atoms with van der Waals surface area (Å²) in [4.78, 5) is 9.97. The number of ether oxygens (including phenoxy) is 1. The maximum absolute atomic E-state index is 7.10. The number of hydrogen-bond donors (Lipinski definition) is 0. The van der Waals surface area contributed by atoms with Crippen LogP contribution in [0.1, 0.15) is 129 Å². The van der Waals surface area contributed by atoms with E-state index in [-0.39, 0.29) is 27.1 Å². The summed E-state index contributed by atoms with van der Waals surface area (Å²) < 4.78 is 9.42. The molecule has 0 unspecified atom stereocenters. The highest BCUT2D eigenvalue weighted by Gasteiger charge is 2.33. The van der Waals surface area contributed by atoms with Crippen molar-refractivity contribution in [2.45, 2.75) is 117 Å². The fourth-order valence-corrected chi connectivity index (χ4v) is 10.3. The van der Waals surface area contributed by atoms with Crippen LogP contribution >= 0.6 is 0 Å². The lowest BCUT2D eigenvalue weighted by Crippen LogP contribution is -2.26. The van der Waals surface area contributed by atoms with Crippen LogP contribution in [0, 0.1) is 0 Å². The highest BCUT2D eigenvalue weighted by atomic mass is 16.5. The highest BCUT2D eigenvalue weighted by Crippen LogP contribution is 2.48. The third-order valence-corrected chi connectivity index (χ3v) is 15.2. The topological polar surface area (TPSA) is 33.5 Å². The Balaban J connectivity index is 1.07. The van der Waals surface area contributed by atoms with Crippen LogP contribution in [0.3, 0.4) is 0 Å². The molecule has 2 aromatic heterocycles. The zero-order valence-corrected chi connectivity index (χ0v) is 44.1. The molecule has 71 heavy (non-hydrogen) atoms. The minimum atomic E-state index is -0.198. The number of para-hydroxylation sites is 2. The molecule has 0 radical (unpaired) electrons. The molecule has 3 heterocycles. The zero-order valence-electron chi connectivity index (χ0n) is 44.1. The van der Waals surface area contributed by atoms with E-state index in [2.05, 4.69) is 274 Å². The van der Waals surface area contributed by atoms with E-state index >= 15 is 0 Å². The molecule has 0 fully saturated rings. The SMILES string of the molecule is CC(C)(C)c1cc(Oc2ccc3c4cc(C(C)(C)c5ccccc5)ccc4n(-c4cc(C(C)(C)C)ccn4)c3c2)cc(N2CN(c3cc(C(C)(C)C)cc(C(C)(C)c4ccccc4)c3)c3ccccc32)c1. The van der Waals surface area contributed by atoms with E-state index in [9.17, 15) is 0 Å². The Morgan fingerprint density at radius 2 is 0.915 bits per heavy atom. The maximum atomic E-state index is 7.10. The van der Waals surface area contributed by atoms with Gasteiger partial charge in [0.15, 0.2) is 0 Å². The van der Waals surface area contributed by atoms with Crippen LogP contribution in [-0.4, -0.2) is 16.2 Å². The second-order valence-corrected chi connectivity index (χ2v) is 24.0. The van der Waals surface area contributed by atoms with Gasteiger partial charge in [0.05, 0.1) is 22.4 Å². The minimum Gasteiger partial charge on any atom is -0.457 e. The fourth-order valence-electron chi connectivity index (χ4n) is 10.3. The predicted octanol–water partition coefficient (Wildman–Crippen LogP) is 17.8. The van der Waals surface area contributed by atoms with Crippen LogP contribution in [0.2, 0.25) is 0 Å². The summed E-state index contributed by atoms with van der Waals surface area (Å²) in [6, 6.07) is 62.5. The van der Waals surface area contributed by atoms with Crippen molar-refractivity contribution in [3.63, 3.8) is 0 Å². The van der Waals surface area contributed by atoms with Gasteiger partial charge in [-0.1, -0.05) is 175 Å². The summed E-state index contributed by atoms with van der Waals surface area (Å²) in [6.45, 7) is 30.6. The van der Waals surface area contributed by atoms with Gasteiger partial charge in [-0.15, -0.1) is 0 Å². The third kappa shape index (κ3) is 8.90. The van der Waals surface area contributed by atoms with Crippen LogP contribution in [0.5, 0.6) is 11.5 Å². The Morgan fingerprint density at radius 1 is 0.380 bits per heavy atom. The van der Waals surface area contributed by atoms with E-state index in [1.54, 1.807) is 0 Å². The Bertz CT molecular complexity index is 3430. The number of hydrogen-bond acceptors (Lipinski definition) is 4. The van der Waals surface area contributed by atoms with Gasteiger partial charge in [-0.05, 0) is 128 Å². The molecular formula is C66H70N4O. The van der Waals surface area contributed by atoms with Crippen molar-refractivity contribution in [1.82, 2.24) is 9.55 Å². The zero-order chi connectivity index (χ0) is 50.3. The molecule has 5 nitrogen and oxygen atoms in total. The molecule has 1 aliphatic heterocycles. The summed E-state index contributed by atoms with van der Waals surface area (Å²) in [5, 5.41) is 2.35. The van der Waals surface area contributed by atoms with E-state index < -0.39 is 0 Å². The molecule has 9 aromatic rings. The Labute approximate surface area is 422 Å². The fraction of sp³-hybridized carbons (Fsp3) is 0.288. The molecule has 7 aromatic carbocycles. The molecule has 0 saturated carbocycles. The summed E-state index contributed by atoms with van der Waals surface area (Å²) in [5.41, 5.74) is 15.1. The first-order valence-corrected chi connectivity index (χ1v) is 25.4. The van der Waals surface area contributed by atoms with Crippen LogP contribution in [-0.2, 0) is 27.1 Å². The third-order valence-electron chi connectivity index (χ3n) is 15.2. The van der Waals surface area contributed by atoms with Crippen LogP contribution in [0.15, 0.2) is 176 Å². The van der Waals surface area contributed by atoms with Crippen LogP contribution in [0.4, 0.5) is 22.7 Å². The number of aromatic nitrogens is 2. The van der Waals surface area contributed by atoms with E-state index in [1.165, 1.54) is 61.4 Å². The number of fused-ring (bicyclic) bond motifs is 4. The molecule has 0 N–H and O–H groups in total. The summed E-state index contributed by atoms with van der Waals surface area (Å²) in [7, 11) is 0. The average molecular weight is 935 g/mol. The quantitative estimate of drug-likeness (QED) is 0.144. The van der Waals surface area contributed by atoms with Crippen LogP contribution < -0.4 is 14.5 Å². The van der Waals surface area contributed by atoms with Gasteiger partial charge in [0.2, 0.25) is 0 Å². The molecule has 0 aliphatic carbocycles. The standard InChI is InChI=1S/C66H70N4O/c1-62(2,3)46-32-33-67-61(40-46)70-57-31-28-47(65(10,11)44-22-16-14-17-23-44)39-56(57)55-30-29-53(42-60(55)70)71-54-38-49(64(7,8)9)36-52(41-54)69-43-68(58-26-20-21-27-59(58)69)51-35-48(63(4,5)6)34-50(37-51)66(12,13)45-24-18-15-19-25-45/h14-42H,43H2,1-13H3. The van der Waals surface area contributed by atoms with Gasteiger partial charge in [-0.25, -0.2) is 4.98 Å². The van der Waals surface area contributed by atoms with Gasteiger partial charge >= 0.3 is 0 Å². The highest BCUT2D eigenvalue weighted by molar-refractivity contribution is 6.10. The Hall–Kier alpha value is -7.11. The molecule has 5 heteroatoms. The second-order valence-electron chi connectivity index (χ2n) is 24.0. The number of rotatable bonds is 9. The largest absolute Gasteiger partial charge is 0.457 e. The van der Waals surface area contributed by atoms with Gasteiger partial charge in [-0.3, -0.25) is 4.57 Å². The summed E-state index contributed by atoms with van der Waals surface area (Å²) >= 11 is 0. The lowest BCUT2D eigenvalue weighted by molar-refractivity contribution is 0.479. The van der Waals surface area contributed by atoms with Crippen molar-refractivity contribution >= 4 is 44.6 Å².